The van der Waals surface area contributed by atoms with E-state index in [9.17, 15) is 4.79 Å². The number of carbonyl (C=O) groups excluding carboxylic acids is 1. The summed E-state index contributed by atoms with van der Waals surface area (Å²) in [6.07, 6.45) is 3.48. The maximum atomic E-state index is 12.4. The molecule has 3 aromatic rings. The van der Waals surface area contributed by atoms with Crippen LogP contribution in [0.1, 0.15) is 35.7 Å². The predicted molar refractivity (Wildman–Crippen MR) is 97.0 cm³/mol. The summed E-state index contributed by atoms with van der Waals surface area (Å²) in [5.74, 6) is -0.0722. The van der Waals surface area contributed by atoms with Crippen LogP contribution in [0.15, 0.2) is 66.7 Å². The molecule has 116 valence electrons. The Kier molecular flexibility index (Phi) is 4.72. The van der Waals surface area contributed by atoms with E-state index in [1.807, 2.05) is 54.6 Å². The number of rotatable bonds is 5. The van der Waals surface area contributed by atoms with Gasteiger partial charge in [-0.2, -0.15) is 0 Å². The van der Waals surface area contributed by atoms with Crippen LogP contribution in [-0.4, -0.2) is 5.91 Å². The van der Waals surface area contributed by atoms with Crippen molar-refractivity contribution >= 4 is 22.4 Å². The first-order chi connectivity index (χ1) is 11.3. The van der Waals surface area contributed by atoms with Crippen molar-refractivity contribution in [2.75, 3.05) is 5.32 Å². The number of unbranched alkanes of at least 4 members (excludes halogenated alkanes) is 1. The third kappa shape index (κ3) is 3.78. The van der Waals surface area contributed by atoms with E-state index in [1.165, 1.54) is 18.4 Å². The lowest BCUT2D eigenvalue weighted by molar-refractivity contribution is 0.102. The normalized spacial score (nSPS) is 10.7. The lowest BCUT2D eigenvalue weighted by Crippen LogP contribution is -2.11. The number of hydrogen-bond donors (Lipinski definition) is 1. The highest BCUT2D eigenvalue weighted by molar-refractivity contribution is 6.06. The summed E-state index contributed by atoms with van der Waals surface area (Å²) in [4.78, 5) is 12.4. The molecular weight excluding hydrogens is 282 g/mol. The average molecular weight is 303 g/mol. The third-order valence-electron chi connectivity index (χ3n) is 4.04. The van der Waals surface area contributed by atoms with Gasteiger partial charge in [-0.3, -0.25) is 4.79 Å². The van der Waals surface area contributed by atoms with Gasteiger partial charge < -0.3 is 5.32 Å². The minimum Gasteiger partial charge on any atom is -0.322 e. The molecule has 1 amide bonds. The zero-order chi connectivity index (χ0) is 16.1. The Morgan fingerprint density at radius 3 is 2.39 bits per heavy atom. The molecule has 0 bridgehead atoms. The highest BCUT2D eigenvalue weighted by Gasteiger charge is 2.07. The van der Waals surface area contributed by atoms with E-state index in [0.29, 0.717) is 5.56 Å². The first-order valence-electron chi connectivity index (χ1n) is 8.15. The van der Waals surface area contributed by atoms with Crippen molar-refractivity contribution in [2.45, 2.75) is 26.2 Å². The largest absolute Gasteiger partial charge is 0.322 e. The van der Waals surface area contributed by atoms with Gasteiger partial charge in [0, 0.05) is 11.3 Å². The van der Waals surface area contributed by atoms with E-state index in [-0.39, 0.29) is 5.91 Å². The maximum absolute atomic E-state index is 12.4. The number of anilines is 1. The summed E-state index contributed by atoms with van der Waals surface area (Å²) < 4.78 is 0. The Bertz CT molecular complexity index is 805. The lowest BCUT2D eigenvalue weighted by Gasteiger charge is -2.07. The van der Waals surface area contributed by atoms with Gasteiger partial charge >= 0.3 is 0 Å². The van der Waals surface area contributed by atoms with Crippen LogP contribution in [0.2, 0.25) is 0 Å². The Hall–Kier alpha value is -2.61. The number of amides is 1. The van der Waals surface area contributed by atoms with Crippen LogP contribution >= 0.6 is 0 Å². The number of nitrogens with one attached hydrogen (secondary N) is 1. The van der Waals surface area contributed by atoms with E-state index in [2.05, 4.69) is 24.4 Å². The fraction of sp³-hybridized carbons (Fsp3) is 0.190. The molecule has 0 saturated heterocycles. The van der Waals surface area contributed by atoms with Crippen LogP contribution in [-0.2, 0) is 6.42 Å². The summed E-state index contributed by atoms with van der Waals surface area (Å²) in [6, 6.07) is 22.0. The van der Waals surface area contributed by atoms with E-state index < -0.39 is 0 Å². The molecule has 0 unspecified atom stereocenters. The Morgan fingerprint density at radius 2 is 1.65 bits per heavy atom. The molecule has 0 radical (unpaired) electrons. The number of carbonyl (C=O) groups is 1. The molecule has 3 aromatic carbocycles. The number of aryl methyl sites for hydroxylation is 1. The highest BCUT2D eigenvalue weighted by atomic mass is 16.1. The van der Waals surface area contributed by atoms with Gasteiger partial charge in [0.15, 0.2) is 0 Å². The van der Waals surface area contributed by atoms with Gasteiger partial charge in [-0.1, -0.05) is 55.8 Å². The standard InChI is InChI=1S/C21H21NO/c1-2-3-6-16-9-13-20(14-10-16)22-21(23)19-12-11-17-7-4-5-8-18(17)15-19/h4-5,7-15H,2-3,6H2,1H3,(H,22,23). The molecule has 0 aliphatic carbocycles. The van der Waals surface area contributed by atoms with Crippen LogP contribution < -0.4 is 5.32 Å². The lowest BCUT2D eigenvalue weighted by atomic mass is 10.1. The van der Waals surface area contributed by atoms with Crippen molar-refractivity contribution in [1.82, 2.24) is 0 Å². The molecule has 3 rings (SSSR count). The topological polar surface area (TPSA) is 29.1 Å². The van der Waals surface area contributed by atoms with Crippen molar-refractivity contribution < 1.29 is 4.79 Å². The van der Waals surface area contributed by atoms with Gasteiger partial charge in [-0.25, -0.2) is 0 Å². The average Bonchev–Trinajstić information content (AvgIpc) is 2.60. The van der Waals surface area contributed by atoms with Crippen LogP contribution in [0.5, 0.6) is 0 Å². The van der Waals surface area contributed by atoms with Crippen molar-refractivity contribution in [3.63, 3.8) is 0 Å². The molecule has 0 heterocycles. The SMILES string of the molecule is CCCCc1ccc(NC(=O)c2ccc3ccccc3c2)cc1. The molecular formula is C21H21NO. The number of hydrogen-bond acceptors (Lipinski definition) is 1. The van der Waals surface area contributed by atoms with Gasteiger partial charge in [0.1, 0.15) is 0 Å². The van der Waals surface area contributed by atoms with Gasteiger partial charge in [-0.05, 0) is 53.4 Å². The molecule has 2 nitrogen and oxygen atoms in total. The molecule has 0 aliphatic rings. The molecule has 0 spiro atoms. The van der Waals surface area contributed by atoms with Crippen molar-refractivity contribution in [3.8, 4) is 0 Å². The smallest absolute Gasteiger partial charge is 0.255 e. The van der Waals surface area contributed by atoms with Gasteiger partial charge in [0.2, 0.25) is 0 Å². The molecule has 0 atom stereocenters. The van der Waals surface area contributed by atoms with Gasteiger partial charge in [0.05, 0.1) is 0 Å². The summed E-state index contributed by atoms with van der Waals surface area (Å²) in [5, 5.41) is 5.19. The zero-order valence-electron chi connectivity index (χ0n) is 13.4. The number of fused-ring (bicyclic) bond motifs is 1. The summed E-state index contributed by atoms with van der Waals surface area (Å²) >= 11 is 0. The minimum atomic E-state index is -0.0722. The highest BCUT2D eigenvalue weighted by Crippen LogP contribution is 2.17. The van der Waals surface area contributed by atoms with E-state index in [0.717, 1.165) is 22.9 Å². The predicted octanol–water partition coefficient (Wildman–Crippen LogP) is 5.43. The van der Waals surface area contributed by atoms with Crippen LogP contribution in [0.4, 0.5) is 5.69 Å². The van der Waals surface area contributed by atoms with Crippen LogP contribution in [0.25, 0.3) is 10.8 Å². The third-order valence-corrected chi connectivity index (χ3v) is 4.04. The van der Waals surface area contributed by atoms with Crippen molar-refractivity contribution in [2.24, 2.45) is 0 Å². The minimum absolute atomic E-state index is 0.0722. The maximum Gasteiger partial charge on any atom is 0.255 e. The Balaban J connectivity index is 1.72. The van der Waals surface area contributed by atoms with Crippen LogP contribution in [0.3, 0.4) is 0 Å². The van der Waals surface area contributed by atoms with Crippen LogP contribution in [0, 0.1) is 0 Å². The summed E-state index contributed by atoms with van der Waals surface area (Å²) in [7, 11) is 0. The monoisotopic (exact) mass is 303 g/mol. The van der Waals surface area contributed by atoms with E-state index in [1.54, 1.807) is 0 Å². The second-order valence-corrected chi connectivity index (χ2v) is 5.82. The number of benzene rings is 3. The molecule has 0 fully saturated rings. The molecule has 0 aromatic heterocycles. The van der Waals surface area contributed by atoms with Crippen molar-refractivity contribution in [1.29, 1.82) is 0 Å². The first-order valence-corrected chi connectivity index (χ1v) is 8.15. The summed E-state index contributed by atoms with van der Waals surface area (Å²) in [6.45, 7) is 2.19. The first kappa shape index (κ1) is 15.3. The van der Waals surface area contributed by atoms with Crippen molar-refractivity contribution in [3.05, 3.63) is 77.9 Å². The Labute approximate surface area is 137 Å². The molecule has 23 heavy (non-hydrogen) atoms. The van der Waals surface area contributed by atoms with Gasteiger partial charge in [-0.15, -0.1) is 0 Å². The molecule has 1 N–H and O–H groups in total. The second-order valence-electron chi connectivity index (χ2n) is 5.82. The Morgan fingerprint density at radius 1 is 0.913 bits per heavy atom. The quantitative estimate of drug-likeness (QED) is 0.668. The molecule has 0 aliphatic heterocycles. The fourth-order valence-electron chi connectivity index (χ4n) is 2.67. The van der Waals surface area contributed by atoms with E-state index >= 15 is 0 Å². The molecule has 2 heteroatoms. The molecule has 0 saturated carbocycles. The fourth-order valence-corrected chi connectivity index (χ4v) is 2.67. The zero-order valence-corrected chi connectivity index (χ0v) is 13.4. The second kappa shape index (κ2) is 7.10. The van der Waals surface area contributed by atoms with E-state index in [4.69, 9.17) is 0 Å². The summed E-state index contributed by atoms with van der Waals surface area (Å²) in [5.41, 5.74) is 2.83. The van der Waals surface area contributed by atoms with Gasteiger partial charge in [0.25, 0.3) is 5.91 Å².